The third-order valence-corrected chi connectivity index (χ3v) is 2.27. The summed E-state index contributed by atoms with van der Waals surface area (Å²) in [5.74, 6) is -5.01. The molecule has 0 radical (unpaired) electrons. The van der Waals surface area contributed by atoms with E-state index >= 15 is 0 Å². The normalized spacial score (nSPS) is 14.1. The van der Waals surface area contributed by atoms with Crippen LogP contribution in [0, 0.1) is 17.5 Å². The van der Waals surface area contributed by atoms with Crippen molar-refractivity contribution < 1.29 is 28.2 Å². The highest BCUT2D eigenvalue weighted by molar-refractivity contribution is 5.72. The topological polar surface area (TPSA) is 69.6 Å². The van der Waals surface area contributed by atoms with Gasteiger partial charge in [0, 0.05) is 13.5 Å². The Kier molecular flexibility index (Phi) is 4.69. The molecule has 7 heteroatoms. The number of hydrogen-bond donors (Lipinski definition) is 3. The van der Waals surface area contributed by atoms with Gasteiger partial charge in [0.1, 0.15) is 12.2 Å². The van der Waals surface area contributed by atoms with E-state index in [1.165, 1.54) is 6.92 Å². The lowest BCUT2D eigenvalue weighted by Crippen LogP contribution is -2.34. The summed E-state index contributed by atoms with van der Waals surface area (Å²) in [7, 11) is 0. The summed E-state index contributed by atoms with van der Waals surface area (Å²) in [6.45, 7) is 0.910. The molecule has 2 atom stereocenters. The smallest absolute Gasteiger partial charge is 0.216 e. The quantitative estimate of drug-likeness (QED) is 0.698. The zero-order chi connectivity index (χ0) is 13.9. The van der Waals surface area contributed by atoms with Crippen molar-refractivity contribution in [1.82, 2.24) is 5.32 Å². The van der Waals surface area contributed by atoms with Crippen LogP contribution in [0.2, 0.25) is 0 Å². The Bertz CT molecular complexity index is 430. The van der Waals surface area contributed by atoms with Gasteiger partial charge in [0.05, 0.1) is 0 Å². The highest BCUT2D eigenvalue weighted by Crippen LogP contribution is 2.21. The molecule has 0 fully saturated rings. The van der Waals surface area contributed by atoms with E-state index in [9.17, 15) is 28.2 Å². The van der Waals surface area contributed by atoms with E-state index in [-0.39, 0.29) is 12.1 Å². The van der Waals surface area contributed by atoms with Gasteiger partial charge in [0.15, 0.2) is 17.5 Å². The van der Waals surface area contributed by atoms with Gasteiger partial charge in [-0.25, -0.2) is 13.2 Å². The number of nitrogens with one attached hydrogen (secondary N) is 1. The first-order valence-electron chi connectivity index (χ1n) is 5.08. The van der Waals surface area contributed by atoms with Crippen LogP contribution in [0.15, 0.2) is 12.1 Å². The predicted molar refractivity (Wildman–Crippen MR) is 56.0 cm³/mol. The van der Waals surface area contributed by atoms with E-state index in [1.54, 1.807) is 0 Å². The second kappa shape index (κ2) is 5.83. The first-order valence-corrected chi connectivity index (χ1v) is 5.08. The molecule has 0 spiro atoms. The lowest BCUT2D eigenvalue weighted by molar-refractivity contribution is -0.119. The van der Waals surface area contributed by atoms with Crippen molar-refractivity contribution in [1.29, 1.82) is 0 Å². The van der Waals surface area contributed by atoms with Crippen LogP contribution < -0.4 is 5.32 Å². The zero-order valence-corrected chi connectivity index (χ0v) is 9.45. The van der Waals surface area contributed by atoms with Gasteiger partial charge in [-0.05, 0) is 17.7 Å². The molecule has 0 aliphatic heterocycles. The number of aliphatic hydroxyl groups excluding tert-OH is 2. The molecule has 1 amide bonds. The minimum Gasteiger partial charge on any atom is -0.388 e. The first-order chi connectivity index (χ1) is 8.32. The van der Waals surface area contributed by atoms with Crippen LogP contribution in [0.3, 0.4) is 0 Å². The second-order valence-corrected chi connectivity index (χ2v) is 3.75. The van der Waals surface area contributed by atoms with Crippen LogP contribution in [0.4, 0.5) is 13.2 Å². The fourth-order valence-corrected chi connectivity index (χ4v) is 1.33. The molecule has 0 saturated heterocycles. The fourth-order valence-electron chi connectivity index (χ4n) is 1.33. The van der Waals surface area contributed by atoms with Crippen molar-refractivity contribution in [2.24, 2.45) is 0 Å². The van der Waals surface area contributed by atoms with E-state index in [1.807, 2.05) is 0 Å². The van der Waals surface area contributed by atoms with Crippen LogP contribution in [0.1, 0.15) is 18.6 Å². The van der Waals surface area contributed by atoms with Crippen LogP contribution in [-0.2, 0) is 4.79 Å². The van der Waals surface area contributed by atoms with Crippen molar-refractivity contribution in [2.45, 2.75) is 19.1 Å². The molecule has 0 aliphatic rings. The molecule has 0 aliphatic carbocycles. The van der Waals surface area contributed by atoms with Crippen molar-refractivity contribution in [3.63, 3.8) is 0 Å². The van der Waals surface area contributed by atoms with Crippen LogP contribution >= 0.6 is 0 Å². The molecule has 0 bridgehead atoms. The average molecular weight is 263 g/mol. The molecule has 2 unspecified atom stereocenters. The van der Waals surface area contributed by atoms with Crippen LogP contribution in [-0.4, -0.2) is 28.8 Å². The fraction of sp³-hybridized carbons (Fsp3) is 0.364. The molecule has 3 N–H and O–H groups in total. The Morgan fingerprint density at radius 3 is 2.22 bits per heavy atom. The van der Waals surface area contributed by atoms with Gasteiger partial charge in [0.2, 0.25) is 5.91 Å². The lowest BCUT2D eigenvalue weighted by Gasteiger charge is -2.18. The number of benzene rings is 1. The highest BCUT2D eigenvalue weighted by Gasteiger charge is 2.22. The Morgan fingerprint density at radius 2 is 1.78 bits per heavy atom. The minimum absolute atomic E-state index is 0.295. The maximum atomic E-state index is 12.9. The number of carbonyl (C=O) groups excluding carboxylic acids is 1. The first kappa shape index (κ1) is 14.5. The lowest BCUT2D eigenvalue weighted by atomic mass is 10.0. The minimum atomic E-state index is -1.65. The van der Waals surface area contributed by atoms with Crippen molar-refractivity contribution in [3.8, 4) is 0 Å². The van der Waals surface area contributed by atoms with Crippen LogP contribution in [0.5, 0.6) is 0 Å². The van der Waals surface area contributed by atoms with E-state index in [4.69, 9.17) is 0 Å². The predicted octanol–water partition coefficient (Wildman–Crippen LogP) is 0.634. The largest absolute Gasteiger partial charge is 0.388 e. The number of halogens is 3. The van der Waals surface area contributed by atoms with E-state index in [0.717, 1.165) is 0 Å². The molecule has 1 rings (SSSR count). The summed E-state index contributed by atoms with van der Waals surface area (Å²) in [5.41, 5.74) is -0.316. The number of amides is 1. The monoisotopic (exact) mass is 263 g/mol. The van der Waals surface area contributed by atoms with Gasteiger partial charge < -0.3 is 15.5 Å². The molecule has 0 heterocycles. The summed E-state index contributed by atoms with van der Waals surface area (Å²) in [4.78, 5) is 10.6. The molecule has 1 aromatic carbocycles. The molecule has 100 valence electrons. The van der Waals surface area contributed by atoms with Gasteiger partial charge in [-0.15, -0.1) is 0 Å². The summed E-state index contributed by atoms with van der Waals surface area (Å²) in [5, 5.41) is 21.3. The number of rotatable bonds is 4. The summed E-state index contributed by atoms with van der Waals surface area (Å²) < 4.78 is 38.5. The third-order valence-electron chi connectivity index (χ3n) is 2.27. The van der Waals surface area contributed by atoms with E-state index in [0.29, 0.717) is 12.1 Å². The van der Waals surface area contributed by atoms with Gasteiger partial charge in [-0.3, -0.25) is 4.79 Å². The van der Waals surface area contributed by atoms with Crippen molar-refractivity contribution >= 4 is 5.91 Å². The number of hydrogen-bond acceptors (Lipinski definition) is 3. The van der Waals surface area contributed by atoms with Crippen molar-refractivity contribution in [2.75, 3.05) is 6.54 Å². The molecular weight excluding hydrogens is 251 g/mol. The van der Waals surface area contributed by atoms with Gasteiger partial charge in [0.25, 0.3) is 0 Å². The Hall–Kier alpha value is -1.60. The van der Waals surface area contributed by atoms with Gasteiger partial charge in [-0.2, -0.15) is 0 Å². The summed E-state index contributed by atoms with van der Waals surface area (Å²) in [6.07, 6.45) is -3.10. The molecule has 1 aromatic rings. The molecule has 0 aromatic heterocycles. The van der Waals surface area contributed by atoms with Crippen LogP contribution in [0.25, 0.3) is 0 Å². The molecule has 4 nitrogen and oxygen atoms in total. The molecular formula is C11H12F3NO3. The second-order valence-electron chi connectivity index (χ2n) is 3.75. The van der Waals surface area contributed by atoms with Gasteiger partial charge in [-0.1, -0.05) is 0 Å². The average Bonchev–Trinajstić information content (AvgIpc) is 2.31. The summed E-state index contributed by atoms with van der Waals surface area (Å²) in [6, 6.07) is 1.17. The van der Waals surface area contributed by atoms with Gasteiger partial charge >= 0.3 is 0 Å². The number of carbonyl (C=O) groups is 1. The maximum Gasteiger partial charge on any atom is 0.216 e. The van der Waals surface area contributed by atoms with Crippen molar-refractivity contribution in [3.05, 3.63) is 35.1 Å². The Morgan fingerprint density at radius 1 is 1.28 bits per heavy atom. The Balaban J connectivity index is 2.83. The highest BCUT2D eigenvalue weighted by atomic mass is 19.2. The third kappa shape index (κ3) is 3.44. The van der Waals surface area contributed by atoms with E-state index in [2.05, 4.69) is 5.32 Å². The molecule has 18 heavy (non-hydrogen) atoms. The summed E-state index contributed by atoms with van der Waals surface area (Å²) >= 11 is 0. The Labute approximate surface area is 101 Å². The molecule has 0 saturated carbocycles. The number of aliphatic hydroxyl groups is 2. The van der Waals surface area contributed by atoms with E-state index < -0.39 is 35.6 Å². The maximum absolute atomic E-state index is 12.9. The zero-order valence-electron chi connectivity index (χ0n) is 9.45. The standard InChI is InChI=1S/C11H12F3NO3/c1-5(16)15-4-9(17)11(18)6-2-7(12)10(14)8(13)3-6/h2-3,9,11,17-18H,4H2,1H3,(H,15,16). The SMILES string of the molecule is CC(=O)NCC(O)C(O)c1cc(F)c(F)c(F)c1.